The van der Waals surface area contributed by atoms with E-state index in [4.69, 9.17) is 4.74 Å². The van der Waals surface area contributed by atoms with Gasteiger partial charge in [0, 0.05) is 5.92 Å². The van der Waals surface area contributed by atoms with Crippen LogP contribution >= 0.6 is 0 Å². The fraction of sp³-hybridized carbons (Fsp3) is 0.556. The summed E-state index contributed by atoms with van der Waals surface area (Å²) in [4.78, 5) is 25.6. The smallest absolute Gasteiger partial charge is 0.177 e. The molecule has 0 aromatic heterocycles. The van der Waals surface area contributed by atoms with Crippen LogP contribution in [-0.2, 0) is 4.79 Å². The summed E-state index contributed by atoms with van der Waals surface area (Å²) in [5, 5.41) is 0. The molecule has 1 aliphatic rings. The molecule has 0 aliphatic heterocycles. The summed E-state index contributed by atoms with van der Waals surface area (Å²) in [7, 11) is 1.55. The van der Waals surface area contributed by atoms with Gasteiger partial charge in [-0.05, 0) is 36.8 Å². The average molecular weight is 288 g/mol. The highest BCUT2D eigenvalue weighted by Gasteiger charge is 2.42. The second-order valence-corrected chi connectivity index (χ2v) is 6.35. The molecule has 0 saturated heterocycles. The topological polar surface area (TPSA) is 43.4 Å². The number of para-hydroxylation sites is 1. The largest absolute Gasteiger partial charge is 0.496 e. The van der Waals surface area contributed by atoms with Crippen LogP contribution in [-0.4, -0.2) is 18.7 Å². The van der Waals surface area contributed by atoms with Crippen LogP contribution < -0.4 is 4.74 Å². The Kier molecular flexibility index (Phi) is 4.81. The molecule has 0 amide bonds. The number of rotatable bonds is 4. The van der Waals surface area contributed by atoms with Crippen LogP contribution in [0, 0.1) is 23.7 Å². The van der Waals surface area contributed by atoms with Gasteiger partial charge in [0.05, 0.1) is 18.6 Å². The molecule has 0 bridgehead atoms. The molecule has 21 heavy (non-hydrogen) atoms. The molecule has 114 valence electrons. The van der Waals surface area contributed by atoms with Crippen molar-refractivity contribution in [3.05, 3.63) is 29.8 Å². The van der Waals surface area contributed by atoms with Gasteiger partial charge in [0.25, 0.3) is 0 Å². The summed E-state index contributed by atoms with van der Waals surface area (Å²) in [5.41, 5.74) is 0.523. The average Bonchev–Trinajstić information content (AvgIpc) is 2.46. The molecule has 1 saturated carbocycles. The first-order valence-corrected chi connectivity index (χ1v) is 7.68. The van der Waals surface area contributed by atoms with Crippen LogP contribution in [0.3, 0.4) is 0 Å². The van der Waals surface area contributed by atoms with E-state index in [-0.39, 0.29) is 29.3 Å². The van der Waals surface area contributed by atoms with Crippen molar-refractivity contribution >= 4 is 11.6 Å². The van der Waals surface area contributed by atoms with Gasteiger partial charge in [0.1, 0.15) is 11.5 Å². The Morgan fingerprint density at radius 1 is 1.24 bits per heavy atom. The molecule has 2 rings (SSSR count). The predicted octanol–water partition coefficient (Wildman–Crippen LogP) is 3.77. The molecular formula is C18H24O3. The minimum absolute atomic E-state index is 0.00450. The lowest BCUT2D eigenvalue weighted by Gasteiger charge is -2.34. The van der Waals surface area contributed by atoms with E-state index in [1.807, 2.05) is 19.1 Å². The van der Waals surface area contributed by atoms with E-state index in [9.17, 15) is 9.59 Å². The Labute approximate surface area is 126 Å². The van der Waals surface area contributed by atoms with Crippen molar-refractivity contribution in [2.24, 2.45) is 23.7 Å². The van der Waals surface area contributed by atoms with E-state index < -0.39 is 5.92 Å². The number of hydrogen-bond acceptors (Lipinski definition) is 3. The number of ether oxygens (including phenoxy) is 1. The highest BCUT2D eigenvalue weighted by molar-refractivity contribution is 6.13. The second kappa shape index (κ2) is 6.42. The normalized spacial score (nSPS) is 26.0. The van der Waals surface area contributed by atoms with Gasteiger partial charge >= 0.3 is 0 Å². The monoisotopic (exact) mass is 288 g/mol. The lowest BCUT2D eigenvalue weighted by Crippen LogP contribution is -2.41. The highest BCUT2D eigenvalue weighted by atomic mass is 16.5. The SMILES string of the molecule is COc1ccccc1C(=O)[C@@H]1C(=O)[C@H](C(C)C)CC[C@H]1C. The van der Waals surface area contributed by atoms with Crippen LogP contribution in [0.4, 0.5) is 0 Å². The van der Waals surface area contributed by atoms with Crippen LogP contribution in [0.5, 0.6) is 5.75 Å². The Balaban J connectivity index is 2.34. The van der Waals surface area contributed by atoms with Crippen LogP contribution in [0.2, 0.25) is 0 Å². The Morgan fingerprint density at radius 3 is 2.52 bits per heavy atom. The minimum Gasteiger partial charge on any atom is -0.496 e. The lowest BCUT2D eigenvalue weighted by atomic mass is 9.68. The summed E-state index contributed by atoms with van der Waals surface area (Å²) < 4.78 is 5.27. The standard InChI is InChI=1S/C18H24O3/c1-11(2)13-10-9-12(3)16(17(13)19)18(20)14-7-5-6-8-15(14)21-4/h5-8,11-13,16H,9-10H2,1-4H3/t12-,13+,16+/m1/s1. The molecule has 0 spiro atoms. The Morgan fingerprint density at radius 2 is 1.90 bits per heavy atom. The summed E-state index contributed by atoms with van der Waals surface area (Å²) >= 11 is 0. The zero-order chi connectivity index (χ0) is 15.6. The molecule has 0 N–H and O–H groups in total. The zero-order valence-corrected chi connectivity index (χ0v) is 13.3. The first-order valence-electron chi connectivity index (χ1n) is 7.68. The second-order valence-electron chi connectivity index (χ2n) is 6.35. The molecule has 1 aromatic rings. The number of benzene rings is 1. The van der Waals surface area contributed by atoms with E-state index in [1.165, 1.54) is 0 Å². The molecule has 3 heteroatoms. The number of ketones is 2. The van der Waals surface area contributed by atoms with Gasteiger partial charge in [0.2, 0.25) is 0 Å². The fourth-order valence-corrected chi connectivity index (χ4v) is 3.33. The summed E-state index contributed by atoms with van der Waals surface area (Å²) in [6, 6.07) is 7.16. The highest BCUT2D eigenvalue weighted by Crippen LogP contribution is 2.37. The van der Waals surface area contributed by atoms with Crippen molar-refractivity contribution in [1.82, 2.24) is 0 Å². The fourth-order valence-electron chi connectivity index (χ4n) is 3.33. The van der Waals surface area contributed by atoms with Gasteiger partial charge in [-0.3, -0.25) is 9.59 Å². The van der Waals surface area contributed by atoms with Crippen molar-refractivity contribution in [2.45, 2.75) is 33.6 Å². The maximum Gasteiger partial charge on any atom is 0.177 e. The van der Waals surface area contributed by atoms with E-state index in [0.29, 0.717) is 11.3 Å². The van der Waals surface area contributed by atoms with E-state index in [1.54, 1.807) is 19.2 Å². The molecule has 0 heterocycles. The number of carbonyl (C=O) groups is 2. The third-order valence-electron chi connectivity index (χ3n) is 4.63. The van der Waals surface area contributed by atoms with Gasteiger partial charge in [-0.25, -0.2) is 0 Å². The molecule has 3 nitrogen and oxygen atoms in total. The van der Waals surface area contributed by atoms with Crippen molar-refractivity contribution in [2.75, 3.05) is 7.11 Å². The molecular weight excluding hydrogens is 264 g/mol. The van der Waals surface area contributed by atoms with Crippen LogP contribution in [0.1, 0.15) is 44.0 Å². The van der Waals surface area contributed by atoms with Gasteiger partial charge in [0.15, 0.2) is 5.78 Å². The number of methoxy groups -OCH3 is 1. The van der Waals surface area contributed by atoms with Crippen molar-refractivity contribution in [1.29, 1.82) is 0 Å². The lowest BCUT2D eigenvalue weighted by molar-refractivity contribution is -0.130. The molecule has 1 fully saturated rings. The van der Waals surface area contributed by atoms with Gasteiger partial charge in [-0.15, -0.1) is 0 Å². The molecule has 0 unspecified atom stereocenters. The third kappa shape index (κ3) is 3.02. The number of Topliss-reactive ketones (excluding diaryl/α,β-unsaturated/α-hetero) is 2. The van der Waals surface area contributed by atoms with Crippen LogP contribution in [0.15, 0.2) is 24.3 Å². The summed E-state index contributed by atoms with van der Waals surface area (Å²) in [6.07, 6.45) is 1.83. The summed E-state index contributed by atoms with van der Waals surface area (Å²) in [5.74, 6) is 0.444. The predicted molar refractivity (Wildman–Crippen MR) is 82.5 cm³/mol. The quantitative estimate of drug-likeness (QED) is 0.626. The number of hydrogen-bond donors (Lipinski definition) is 0. The molecule has 0 radical (unpaired) electrons. The van der Waals surface area contributed by atoms with Crippen molar-refractivity contribution in [3.8, 4) is 5.75 Å². The maximum atomic E-state index is 12.9. The van der Waals surface area contributed by atoms with Crippen molar-refractivity contribution in [3.63, 3.8) is 0 Å². The Hall–Kier alpha value is -1.64. The maximum absolute atomic E-state index is 12.9. The Bertz CT molecular complexity index is 533. The zero-order valence-electron chi connectivity index (χ0n) is 13.3. The first kappa shape index (κ1) is 15.7. The van der Waals surface area contributed by atoms with E-state index >= 15 is 0 Å². The molecule has 1 aromatic carbocycles. The van der Waals surface area contributed by atoms with Gasteiger partial charge in [-0.2, -0.15) is 0 Å². The third-order valence-corrected chi connectivity index (χ3v) is 4.63. The van der Waals surface area contributed by atoms with Gasteiger partial charge < -0.3 is 4.74 Å². The van der Waals surface area contributed by atoms with E-state index in [2.05, 4.69) is 13.8 Å². The van der Waals surface area contributed by atoms with Crippen molar-refractivity contribution < 1.29 is 14.3 Å². The minimum atomic E-state index is -0.526. The summed E-state index contributed by atoms with van der Waals surface area (Å²) in [6.45, 7) is 6.12. The van der Waals surface area contributed by atoms with Crippen LogP contribution in [0.25, 0.3) is 0 Å². The van der Waals surface area contributed by atoms with Gasteiger partial charge in [-0.1, -0.05) is 32.9 Å². The van der Waals surface area contributed by atoms with E-state index in [0.717, 1.165) is 12.8 Å². The number of carbonyl (C=O) groups excluding carboxylic acids is 2. The first-order chi connectivity index (χ1) is 9.97. The molecule has 1 aliphatic carbocycles. The molecule has 3 atom stereocenters.